The second-order valence-corrected chi connectivity index (χ2v) is 7.95. The highest BCUT2D eigenvalue weighted by molar-refractivity contribution is 7.89. The van der Waals surface area contributed by atoms with Crippen molar-refractivity contribution < 1.29 is 13.5 Å². The Morgan fingerprint density at radius 2 is 2.19 bits per heavy atom. The van der Waals surface area contributed by atoms with Crippen LogP contribution in [0.2, 0.25) is 0 Å². The highest BCUT2D eigenvalue weighted by atomic mass is 32.2. The first-order valence-corrected chi connectivity index (χ1v) is 8.77. The molecule has 1 aliphatic carbocycles. The van der Waals surface area contributed by atoms with Gasteiger partial charge < -0.3 is 10.8 Å². The summed E-state index contributed by atoms with van der Waals surface area (Å²) < 4.78 is 27.8. The number of aliphatic hydroxyl groups is 1. The number of anilines is 1. The fourth-order valence-electron chi connectivity index (χ4n) is 3.06. The summed E-state index contributed by atoms with van der Waals surface area (Å²) in [5.41, 5.74) is 6.34. The third-order valence-electron chi connectivity index (χ3n) is 4.31. The normalized spacial score (nSPS) is 26.7. The third-order valence-corrected chi connectivity index (χ3v) is 5.88. The lowest BCUT2D eigenvalue weighted by molar-refractivity contribution is 0.120. The summed E-state index contributed by atoms with van der Waals surface area (Å²) >= 11 is 0. The lowest BCUT2D eigenvalue weighted by Gasteiger charge is -2.39. The highest BCUT2D eigenvalue weighted by Gasteiger charge is 2.38. The van der Waals surface area contributed by atoms with Crippen LogP contribution in [0, 0.1) is 12.8 Å². The summed E-state index contributed by atoms with van der Waals surface area (Å²) in [7, 11) is -3.68. The van der Waals surface area contributed by atoms with E-state index in [2.05, 4.69) is 11.6 Å². The van der Waals surface area contributed by atoms with Crippen molar-refractivity contribution in [1.82, 2.24) is 4.72 Å². The number of aryl methyl sites for hydroxylation is 1. The predicted molar refractivity (Wildman–Crippen MR) is 83.4 cm³/mol. The van der Waals surface area contributed by atoms with Gasteiger partial charge in [0.2, 0.25) is 10.0 Å². The topological polar surface area (TPSA) is 92.4 Å². The first-order chi connectivity index (χ1) is 9.78. The molecular weight excluding hydrogens is 288 g/mol. The van der Waals surface area contributed by atoms with E-state index in [4.69, 9.17) is 5.73 Å². The van der Waals surface area contributed by atoms with Crippen molar-refractivity contribution in [2.24, 2.45) is 5.92 Å². The van der Waals surface area contributed by atoms with E-state index in [1.54, 1.807) is 12.1 Å². The van der Waals surface area contributed by atoms with Crippen LogP contribution in [0.25, 0.3) is 0 Å². The molecule has 0 radical (unpaired) electrons. The van der Waals surface area contributed by atoms with E-state index < -0.39 is 15.6 Å². The Bertz CT molecular complexity index is 615. The van der Waals surface area contributed by atoms with Crippen LogP contribution in [-0.4, -0.2) is 25.7 Å². The fraction of sp³-hybridized carbons (Fsp3) is 0.600. The lowest BCUT2D eigenvalue weighted by atomic mass is 9.78. The molecular formula is C15H24N2O3S. The summed E-state index contributed by atoms with van der Waals surface area (Å²) in [6.45, 7) is 3.73. The van der Waals surface area contributed by atoms with Crippen LogP contribution >= 0.6 is 0 Å². The number of nitrogens with two attached hydrogens (primary N) is 1. The number of sulfonamides is 1. The molecule has 1 fully saturated rings. The molecule has 2 unspecified atom stereocenters. The zero-order valence-corrected chi connectivity index (χ0v) is 13.4. The van der Waals surface area contributed by atoms with Crippen molar-refractivity contribution in [2.45, 2.75) is 50.0 Å². The Balaban J connectivity index is 2.28. The molecule has 0 bridgehead atoms. The van der Waals surface area contributed by atoms with Crippen molar-refractivity contribution >= 4 is 15.7 Å². The molecule has 21 heavy (non-hydrogen) atoms. The van der Waals surface area contributed by atoms with Crippen LogP contribution in [-0.2, 0) is 10.0 Å². The Hall–Kier alpha value is -1.11. The van der Waals surface area contributed by atoms with Gasteiger partial charge in [0.05, 0.1) is 17.0 Å². The molecule has 0 aliphatic heterocycles. The van der Waals surface area contributed by atoms with Crippen LogP contribution in [0.3, 0.4) is 0 Å². The average molecular weight is 312 g/mol. The van der Waals surface area contributed by atoms with Gasteiger partial charge in [-0.3, -0.25) is 0 Å². The fourth-order valence-corrected chi connectivity index (χ4v) is 4.53. The smallest absolute Gasteiger partial charge is 0.241 e. The van der Waals surface area contributed by atoms with Crippen LogP contribution in [0.5, 0.6) is 0 Å². The molecule has 1 aliphatic rings. The molecule has 1 aromatic carbocycles. The molecule has 1 aromatic rings. The van der Waals surface area contributed by atoms with Gasteiger partial charge in [0.15, 0.2) is 0 Å². The maximum Gasteiger partial charge on any atom is 0.241 e. The SMILES string of the molecule is Cc1ccc(S(=O)(=O)NC2(CO)CCCC(C)C2)cc1N. The molecule has 5 nitrogen and oxygen atoms in total. The van der Waals surface area contributed by atoms with E-state index in [0.717, 1.165) is 18.4 Å². The van der Waals surface area contributed by atoms with Crippen molar-refractivity contribution in [3.63, 3.8) is 0 Å². The lowest BCUT2D eigenvalue weighted by Crippen LogP contribution is -2.53. The molecule has 118 valence electrons. The maximum atomic E-state index is 12.6. The van der Waals surface area contributed by atoms with Crippen LogP contribution < -0.4 is 10.5 Å². The van der Waals surface area contributed by atoms with E-state index in [1.165, 1.54) is 6.07 Å². The van der Waals surface area contributed by atoms with Crippen molar-refractivity contribution in [3.05, 3.63) is 23.8 Å². The summed E-state index contributed by atoms with van der Waals surface area (Å²) in [6, 6.07) is 4.71. The molecule has 4 N–H and O–H groups in total. The Kier molecular flexibility index (Phi) is 4.60. The number of benzene rings is 1. The second-order valence-electron chi connectivity index (χ2n) is 6.26. The number of nitrogen functional groups attached to an aromatic ring is 1. The predicted octanol–water partition coefficient (Wildman–Crippen LogP) is 1.80. The second kappa shape index (κ2) is 5.94. The highest BCUT2D eigenvalue weighted by Crippen LogP contribution is 2.33. The Labute approximate surface area is 126 Å². The van der Waals surface area contributed by atoms with E-state index in [0.29, 0.717) is 24.4 Å². The minimum atomic E-state index is -3.68. The summed E-state index contributed by atoms with van der Waals surface area (Å²) in [6.07, 6.45) is 3.31. The quantitative estimate of drug-likeness (QED) is 0.739. The molecule has 6 heteroatoms. The van der Waals surface area contributed by atoms with E-state index >= 15 is 0 Å². The average Bonchev–Trinajstić information content (AvgIpc) is 2.41. The molecule has 0 saturated heterocycles. The van der Waals surface area contributed by atoms with Gasteiger partial charge in [-0.25, -0.2) is 13.1 Å². The Morgan fingerprint density at radius 1 is 1.48 bits per heavy atom. The molecule has 0 amide bonds. The molecule has 2 rings (SSSR count). The van der Waals surface area contributed by atoms with Crippen LogP contribution in [0.15, 0.2) is 23.1 Å². The molecule has 0 spiro atoms. The van der Waals surface area contributed by atoms with Gasteiger partial charge in [0, 0.05) is 5.69 Å². The molecule has 1 saturated carbocycles. The van der Waals surface area contributed by atoms with Crippen molar-refractivity contribution in [3.8, 4) is 0 Å². The van der Waals surface area contributed by atoms with Gasteiger partial charge in [-0.2, -0.15) is 0 Å². The van der Waals surface area contributed by atoms with Crippen LogP contribution in [0.1, 0.15) is 38.2 Å². The first-order valence-electron chi connectivity index (χ1n) is 7.29. The Morgan fingerprint density at radius 3 is 2.76 bits per heavy atom. The number of hydrogen-bond donors (Lipinski definition) is 3. The van der Waals surface area contributed by atoms with Gasteiger partial charge in [-0.15, -0.1) is 0 Å². The minimum Gasteiger partial charge on any atom is -0.398 e. The van der Waals surface area contributed by atoms with Crippen molar-refractivity contribution in [2.75, 3.05) is 12.3 Å². The standard InChI is InChI=1S/C15H24N2O3S/c1-11-4-3-7-15(9-11,10-18)17-21(19,20)13-6-5-12(2)14(16)8-13/h5-6,8,11,17-18H,3-4,7,9-10,16H2,1-2H3. The molecule has 0 heterocycles. The third kappa shape index (κ3) is 3.56. The van der Waals surface area contributed by atoms with Gasteiger partial charge in [0.1, 0.15) is 0 Å². The number of hydrogen-bond acceptors (Lipinski definition) is 4. The van der Waals surface area contributed by atoms with E-state index in [1.807, 2.05) is 6.92 Å². The first kappa shape index (κ1) is 16.3. The van der Waals surface area contributed by atoms with Gasteiger partial charge in [-0.1, -0.05) is 25.8 Å². The summed E-state index contributed by atoms with van der Waals surface area (Å²) in [5, 5.41) is 9.72. The van der Waals surface area contributed by atoms with Gasteiger partial charge in [-0.05, 0) is 43.4 Å². The molecule has 0 aromatic heterocycles. The van der Waals surface area contributed by atoms with Gasteiger partial charge >= 0.3 is 0 Å². The van der Waals surface area contributed by atoms with Gasteiger partial charge in [0.25, 0.3) is 0 Å². The maximum absolute atomic E-state index is 12.6. The summed E-state index contributed by atoms with van der Waals surface area (Å²) in [4.78, 5) is 0.150. The van der Waals surface area contributed by atoms with Crippen molar-refractivity contribution in [1.29, 1.82) is 0 Å². The monoisotopic (exact) mass is 312 g/mol. The van der Waals surface area contributed by atoms with E-state index in [-0.39, 0.29) is 11.5 Å². The zero-order valence-electron chi connectivity index (χ0n) is 12.6. The zero-order chi connectivity index (χ0) is 15.7. The van der Waals surface area contributed by atoms with Crippen LogP contribution in [0.4, 0.5) is 5.69 Å². The summed E-state index contributed by atoms with van der Waals surface area (Å²) in [5.74, 6) is 0.400. The largest absolute Gasteiger partial charge is 0.398 e. The number of rotatable bonds is 4. The minimum absolute atomic E-state index is 0.150. The number of aliphatic hydroxyl groups excluding tert-OH is 1. The number of nitrogens with one attached hydrogen (secondary N) is 1. The molecule has 2 atom stereocenters. The van der Waals surface area contributed by atoms with E-state index in [9.17, 15) is 13.5 Å².